The zero-order valence-corrected chi connectivity index (χ0v) is 15.7. The minimum atomic E-state index is -0.468. The van der Waals surface area contributed by atoms with Crippen molar-refractivity contribution in [3.8, 4) is 5.69 Å². The second kappa shape index (κ2) is 7.55. The smallest absolute Gasteiger partial charge is 0.266 e. The molecule has 0 aliphatic heterocycles. The van der Waals surface area contributed by atoms with Crippen molar-refractivity contribution < 1.29 is 4.39 Å². The molecule has 4 aromatic rings. The number of benzene rings is 3. The minimum Gasteiger partial charge on any atom is -0.268 e. The van der Waals surface area contributed by atoms with E-state index in [0.717, 1.165) is 5.56 Å². The van der Waals surface area contributed by atoms with Gasteiger partial charge in [0.2, 0.25) is 0 Å². The fraction of sp³-hybridized carbons (Fsp3) is 0.0476. The zero-order valence-electron chi connectivity index (χ0n) is 14.1. The number of para-hydroxylation sites is 2. The highest BCUT2D eigenvalue weighted by Gasteiger charge is 2.15. The van der Waals surface area contributed by atoms with Crippen molar-refractivity contribution in [2.45, 2.75) is 10.9 Å². The molecule has 0 fully saturated rings. The van der Waals surface area contributed by atoms with E-state index in [-0.39, 0.29) is 11.2 Å². The van der Waals surface area contributed by atoms with E-state index in [9.17, 15) is 9.18 Å². The van der Waals surface area contributed by atoms with Crippen LogP contribution in [0, 0.1) is 5.82 Å². The van der Waals surface area contributed by atoms with Crippen molar-refractivity contribution in [3.05, 3.63) is 99.6 Å². The molecule has 0 radical (unpaired) electrons. The van der Waals surface area contributed by atoms with Crippen LogP contribution in [0.4, 0.5) is 4.39 Å². The fourth-order valence-corrected chi connectivity index (χ4v) is 3.87. The number of hydrogen-bond acceptors (Lipinski definition) is 3. The summed E-state index contributed by atoms with van der Waals surface area (Å²) in [6, 6.07) is 20.8. The summed E-state index contributed by atoms with van der Waals surface area (Å²) in [6.07, 6.45) is 0. The van der Waals surface area contributed by atoms with Gasteiger partial charge < -0.3 is 0 Å². The lowest BCUT2D eigenvalue weighted by Gasteiger charge is -2.14. The first kappa shape index (κ1) is 17.8. The Morgan fingerprint density at radius 2 is 1.67 bits per heavy atom. The molecule has 0 aliphatic carbocycles. The molecule has 0 spiro atoms. The molecule has 0 saturated carbocycles. The van der Waals surface area contributed by atoms with Crippen LogP contribution in [-0.2, 0) is 5.75 Å². The average Bonchev–Trinajstić information content (AvgIpc) is 2.69. The van der Waals surface area contributed by atoms with Crippen molar-refractivity contribution in [2.24, 2.45) is 0 Å². The van der Waals surface area contributed by atoms with Crippen molar-refractivity contribution in [1.82, 2.24) is 9.55 Å². The van der Waals surface area contributed by atoms with E-state index in [1.165, 1.54) is 22.4 Å². The van der Waals surface area contributed by atoms with Gasteiger partial charge in [0.1, 0.15) is 5.82 Å². The summed E-state index contributed by atoms with van der Waals surface area (Å²) in [7, 11) is 0. The topological polar surface area (TPSA) is 34.9 Å². The van der Waals surface area contributed by atoms with Crippen molar-refractivity contribution in [1.29, 1.82) is 0 Å². The number of hydrogen-bond donors (Lipinski definition) is 0. The largest absolute Gasteiger partial charge is 0.268 e. The molecule has 3 nitrogen and oxygen atoms in total. The summed E-state index contributed by atoms with van der Waals surface area (Å²) < 4.78 is 15.8. The quantitative estimate of drug-likeness (QED) is 0.339. The molecule has 6 heteroatoms. The fourth-order valence-electron chi connectivity index (χ4n) is 2.78. The normalized spacial score (nSPS) is 11.0. The Morgan fingerprint density at radius 3 is 2.44 bits per heavy atom. The second-order valence-electron chi connectivity index (χ2n) is 5.92. The Hall–Kier alpha value is -2.63. The zero-order chi connectivity index (χ0) is 18.8. The Balaban J connectivity index is 1.85. The third-order valence-corrected chi connectivity index (χ3v) is 5.38. The molecular formula is C21H14ClFN2OS. The van der Waals surface area contributed by atoms with Gasteiger partial charge in [-0.1, -0.05) is 59.8 Å². The van der Waals surface area contributed by atoms with Gasteiger partial charge in [-0.3, -0.25) is 9.36 Å². The van der Waals surface area contributed by atoms with E-state index < -0.39 is 5.82 Å². The van der Waals surface area contributed by atoms with Crippen LogP contribution in [0.3, 0.4) is 0 Å². The van der Waals surface area contributed by atoms with Gasteiger partial charge in [0, 0.05) is 10.8 Å². The van der Waals surface area contributed by atoms with Gasteiger partial charge in [-0.05, 0) is 42.0 Å². The maximum Gasteiger partial charge on any atom is 0.266 e. The number of rotatable bonds is 4. The summed E-state index contributed by atoms with van der Waals surface area (Å²) >= 11 is 7.31. The molecule has 0 saturated heterocycles. The highest BCUT2D eigenvalue weighted by Crippen LogP contribution is 2.26. The van der Waals surface area contributed by atoms with E-state index in [2.05, 4.69) is 4.98 Å². The minimum absolute atomic E-state index is 0.194. The van der Waals surface area contributed by atoms with Crippen LogP contribution in [0.1, 0.15) is 5.56 Å². The molecule has 0 amide bonds. The number of nitrogens with zero attached hydrogens (tertiary/aromatic N) is 2. The van der Waals surface area contributed by atoms with E-state index in [1.54, 1.807) is 36.4 Å². The van der Waals surface area contributed by atoms with Crippen LogP contribution in [0.5, 0.6) is 0 Å². The Bertz CT molecular complexity index is 1170. The number of halogens is 2. The lowest BCUT2D eigenvalue weighted by molar-refractivity contribution is 0.608. The summed E-state index contributed by atoms with van der Waals surface area (Å²) in [5.74, 6) is 0.112. The number of fused-ring (bicyclic) bond motifs is 1. The predicted octanol–water partition coefficient (Wildman–Crippen LogP) is 5.47. The average molecular weight is 397 g/mol. The summed E-state index contributed by atoms with van der Waals surface area (Å²) in [6.45, 7) is 0. The highest BCUT2D eigenvalue weighted by atomic mass is 35.5. The second-order valence-corrected chi connectivity index (χ2v) is 7.30. The van der Waals surface area contributed by atoms with E-state index >= 15 is 0 Å². The van der Waals surface area contributed by atoms with Crippen LogP contribution < -0.4 is 5.56 Å². The summed E-state index contributed by atoms with van der Waals surface area (Å²) in [5, 5.41) is 1.56. The van der Waals surface area contributed by atoms with Crippen LogP contribution >= 0.6 is 23.4 Å². The van der Waals surface area contributed by atoms with Gasteiger partial charge >= 0.3 is 0 Å². The SMILES string of the molecule is O=c1c2ccccc2nc(SCc2ccc(Cl)cc2)n1-c1ccccc1F. The monoisotopic (exact) mass is 396 g/mol. The first-order valence-corrected chi connectivity index (χ1v) is 9.64. The molecule has 0 unspecified atom stereocenters. The molecule has 3 aromatic carbocycles. The maximum atomic E-state index is 14.4. The lowest BCUT2D eigenvalue weighted by Crippen LogP contribution is -2.22. The Kier molecular flexibility index (Phi) is 4.97. The van der Waals surface area contributed by atoms with Crippen LogP contribution in [0.2, 0.25) is 5.02 Å². The van der Waals surface area contributed by atoms with Gasteiger partial charge in [-0.25, -0.2) is 9.37 Å². The van der Waals surface area contributed by atoms with E-state index in [4.69, 9.17) is 11.6 Å². The van der Waals surface area contributed by atoms with Gasteiger partial charge in [0.25, 0.3) is 5.56 Å². The van der Waals surface area contributed by atoms with Crippen LogP contribution in [0.15, 0.2) is 82.7 Å². The molecule has 1 heterocycles. The van der Waals surface area contributed by atoms with Crippen LogP contribution in [-0.4, -0.2) is 9.55 Å². The van der Waals surface area contributed by atoms with Gasteiger partial charge in [0.05, 0.1) is 16.6 Å². The Morgan fingerprint density at radius 1 is 0.963 bits per heavy atom. The van der Waals surface area contributed by atoms with Crippen molar-refractivity contribution in [2.75, 3.05) is 0 Å². The van der Waals surface area contributed by atoms with E-state index in [1.807, 2.05) is 30.3 Å². The molecule has 27 heavy (non-hydrogen) atoms. The molecule has 0 aliphatic rings. The number of thioether (sulfide) groups is 1. The van der Waals surface area contributed by atoms with Crippen molar-refractivity contribution in [3.63, 3.8) is 0 Å². The van der Waals surface area contributed by atoms with Gasteiger partial charge in [0.15, 0.2) is 5.16 Å². The standard InChI is InChI=1S/C21H14ClFN2OS/c22-15-11-9-14(10-12-15)13-27-21-24-18-7-3-1-5-16(18)20(26)25(21)19-8-4-2-6-17(19)23/h1-12H,13H2. The molecule has 0 N–H and O–H groups in total. The summed E-state index contributed by atoms with van der Waals surface area (Å²) in [5.41, 5.74) is 1.53. The van der Waals surface area contributed by atoms with E-state index in [0.29, 0.717) is 26.8 Å². The lowest BCUT2D eigenvalue weighted by atomic mass is 10.2. The highest BCUT2D eigenvalue weighted by molar-refractivity contribution is 7.98. The molecular weight excluding hydrogens is 383 g/mol. The molecule has 0 bridgehead atoms. The van der Waals surface area contributed by atoms with Crippen LogP contribution in [0.25, 0.3) is 16.6 Å². The maximum absolute atomic E-state index is 14.4. The molecule has 134 valence electrons. The van der Waals surface area contributed by atoms with Crippen molar-refractivity contribution >= 4 is 34.3 Å². The van der Waals surface area contributed by atoms with Gasteiger partial charge in [-0.15, -0.1) is 0 Å². The molecule has 4 rings (SSSR count). The third kappa shape index (κ3) is 3.61. The third-order valence-electron chi connectivity index (χ3n) is 4.12. The Labute approximate surface area is 164 Å². The molecule has 1 aromatic heterocycles. The predicted molar refractivity (Wildman–Crippen MR) is 108 cm³/mol. The summed E-state index contributed by atoms with van der Waals surface area (Å²) in [4.78, 5) is 17.7. The first-order chi connectivity index (χ1) is 13.1. The molecule has 0 atom stereocenters. The number of aromatic nitrogens is 2. The van der Waals surface area contributed by atoms with Gasteiger partial charge in [-0.2, -0.15) is 0 Å². The first-order valence-electron chi connectivity index (χ1n) is 8.27.